The van der Waals surface area contributed by atoms with Crippen molar-refractivity contribution in [2.75, 3.05) is 43.4 Å². The first kappa shape index (κ1) is 24.6. The van der Waals surface area contributed by atoms with E-state index >= 15 is 0 Å². The number of hydrogen-bond donors (Lipinski definition) is 2. The highest BCUT2D eigenvalue weighted by molar-refractivity contribution is 7.22. The van der Waals surface area contributed by atoms with Crippen LogP contribution < -0.4 is 20.7 Å². The zero-order chi connectivity index (χ0) is 27.0. The highest BCUT2D eigenvalue weighted by Crippen LogP contribution is 2.41. The number of nitrogen functional groups attached to an aromatic ring is 1. The van der Waals surface area contributed by atoms with E-state index in [-0.39, 0.29) is 17.4 Å². The standard InChI is InChI=1S/C28H30F2N8OS/c29-16-9-28(6-1-7-38(28)11-16)14-39-27-34-21-8-15(19-4-5-20(30)24-22(19)35-26(31)40-24)10-32-23(21)25(36-27)37-12-17-2-3-18(13-37)33-17/h4-5,8,10,16-18,33H,1-3,6-7,9,11-14H2,(H2,31,35)/t16-,17?,18?,28?/m1/s1. The van der Waals surface area contributed by atoms with Crippen LogP contribution in [0.5, 0.6) is 6.01 Å². The average molecular weight is 565 g/mol. The molecule has 40 heavy (non-hydrogen) atoms. The van der Waals surface area contributed by atoms with Crippen LogP contribution in [-0.4, -0.2) is 81.4 Å². The third-order valence-electron chi connectivity index (χ3n) is 9.07. The van der Waals surface area contributed by atoms with Crippen molar-refractivity contribution in [2.45, 2.75) is 55.9 Å². The van der Waals surface area contributed by atoms with Gasteiger partial charge in [-0.1, -0.05) is 11.3 Å². The van der Waals surface area contributed by atoms with Gasteiger partial charge in [-0.15, -0.1) is 0 Å². The van der Waals surface area contributed by atoms with Crippen molar-refractivity contribution >= 4 is 43.5 Å². The number of ether oxygens (including phenoxy) is 1. The summed E-state index contributed by atoms with van der Waals surface area (Å²) in [5.74, 6) is 0.403. The Morgan fingerprint density at radius 2 is 1.98 bits per heavy atom. The smallest absolute Gasteiger partial charge is 0.319 e. The fourth-order valence-electron chi connectivity index (χ4n) is 7.26. The van der Waals surface area contributed by atoms with Gasteiger partial charge in [-0.3, -0.25) is 9.88 Å². The van der Waals surface area contributed by atoms with Crippen molar-refractivity contribution in [1.82, 2.24) is 30.2 Å². The summed E-state index contributed by atoms with van der Waals surface area (Å²) in [6.07, 6.45) is 5.67. The molecule has 0 radical (unpaired) electrons. The van der Waals surface area contributed by atoms with E-state index in [1.807, 2.05) is 6.07 Å². The molecule has 3 N–H and O–H groups in total. The molecule has 9 nitrogen and oxygen atoms in total. The molecule has 1 aromatic carbocycles. The van der Waals surface area contributed by atoms with Crippen molar-refractivity contribution in [3.8, 4) is 17.1 Å². The third-order valence-corrected chi connectivity index (χ3v) is 9.96. The normalized spacial score (nSPS) is 28.1. The minimum atomic E-state index is -0.827. The maximum absolute atomic E-state index is 14.5. The molecule has 4 atom stereocenters. The number of piperazine rings is 1. The maximum Gasteiger partial charge on any atom is 0.319 e. The number of nitrogens with zero attached hydrogens (tertiary/aromatic N) is 6. The number of aromatic nitrogens is 4. The molecule has 8 rings (SSSR count). The molecule has 4 aliphatic rings. The van der Waals surface area contributed by atoms with Gasteiger partial charge in [0, 0.05) is 55.5 Å². The van der Waals surface area contributed by atoms with E-state index < -0.39 is 6.17 Å². The summed E-state index contributed by atoms with van der Waals surface area (Å²) in [6, 6.07) is 6.18. The Morgan fingerprint density at radius 1 is 1.12 bits per heavy atom. The largest absolute Gasteiger partial charge is 0.461 e. The van der Waals surface area contributed by atoms with Gasteiger partial charge in [-0.05, 0) is 50.4 Å². The molecule has 4 saturated heterocycles. The third kappa shape index (κ3) is 3.99. The summed E-state index contributed by atoms with van der Waals surface area (Å²) in [5.41, 5.74) is 8.97. The molecule has 4 aliphatic heterocycles. The number of alkyl halides is 1. The quantitative estimate of drug-likeness (QED) is 0.373. The Labute approximate surface area is 233 Å². The van der Waals surface area contributed by atoms with E-state index in [4.69, 9.17) is 25.4 Å². The van der Waals surface area contributed by atoms with Gasteiger partial charge >= 0.3 is 6.01 Å². The fraction of sp³-hybridized carbons (Fsp3) is 0.500. The maximum atomic E-state index is 14.5. The number of fused-ring (bicyclic) bond motifs is 5. The second-order valence-corrected chi connectivity index (χ2v) is 12.7. The Bertz CT molecular complexity index is 1620. The predicted octanol–water partition coefficient (Wildman–Crippen LogP) is 3.92. The van der Waals surface area contributed by atoms with Gasteiger partial charge in [0.1, 0.15) is 24.1 Å². The van der Waals surface area contributed by atoms with E-state index in [0.717, 1.165) is 73.6 Å². The number of rotatable bonds is 5. The van der Waals surface area contributed by atoms with Crippen molar-refractivity contribution < 1.29 is 13.5 Å². The van der Waals surface area contributed by atoms with Crippen LogP contribution in [0.3, 0.4) is 0 Å². The van der Waals surface area contributed by atoms with Gasteiger partial charge in [0.15, 0.2) is 10.9 Å². The lowest BCUT2D eigenvalue weighted by molar-refractivity contribution is 0.107. The van der Waals surface area contributed by atoms with Crippen LogP contribution in [0.2, 0.25) is 0 Å². The number of halogens is 2. The summed E-state index contributed by atoms with van der Waals surface area (Å²) in [4.78, 5) is 23.4. The van der Waals surface area contributed by atoms with Crippen molar-refractivity contribution in [1.29, 1.82) is 0 Å². The van der Waals surface area contributed by atoms with E-state index in [9.17, 15) is 8.78 Å². The van der Waals surface area contributed by atoms with Crippen LogP contribution in [0.15, 0.2) is 24.4 Å². The minimum absolute atomic E-state index is 0.276. The minimum Gasteiger partial charge on any atom is -0.461 e. The van der Waals surface area contributed by atoms with Gasteiger partial charge in [0.25, 0.3) is 0 Å². The van der Waals surface area contributed by atoms with E-state index in [1.165, 1.54) is 6.07 Å². The van der Waals surface area contributed by atoms with Crippen molar-refractivity contribution in [3.63, 3.8) is 0 Å². The van der Waals surface area contributed by atoms with Gasteiger partial charge in [-0.2, -0.15) is 9.97 Å². The molecule has 4 aromatic rings. The lowest BCUT2D eigenvalue weighted by Crippen LogP contribution is -2.51. The van der Waals surface area contributed by atoms with Crippen LogP contribution in [0.1, 0.15) is 32.1 Å². The summed E-state index contributed by atoms with van der Waals surface area (Å²) in [5, 5.41) is 3.98. The van der Waals surface area contributed by atoms with Crippen LogP contribution in [0.4, 0.5) is 19.7 Å². The van der Waals surface area contributed by atoms with Crippen LogP contribution >= 0.6 is 11.3 Å². The zero-order valence-electron chi connectivity index (χ0n) is 21.9. The molecule has 4 fully saturated rings. The Kier molecular flexibility index (Phi) is 5.62. The average Bonchev–Trinajstić information content (AvgIpc) is 3.69. The second-order valence-electron chi connectivity index (χ2n) is 11.7. The molecule has 3 unspecified atom stereocenters. The highest BCUT2D eigenvalue weighted by Gasteiger charge is 2.49. The van der Waals surface area contributed by atoms with Crippen molar-refractivity contribution in [2.24, 2.45) is 0 Å². The topological polar surface area (TPSA) is 105 Å². The highest BCUT2D eigenvalue weighted by atomic mass is 32.1. The Morgan fingerprint density at radius 3 is 2.83 bits per heavy atom. The summed E-state index contributed by atoms with van der Waals surface area (Å²) < 4.78 is 35.6. The predicted molar refractivity (Wildman–Crippen MR) is 151 cm³/mol. The molecule has 12 heteroatoms. The van der Waals surface area contributed by atoms with Crippen LogP contribution in [0.25, 0.3) is 32.4 Å². The first-order chi connectivity index (χ1) is 19.4. The Balaban J connectivity index is 1.21. The number of nitrogens with two attached hydrogens (primary N) is 1. The summed E-state index contributed by atoms with van der Waals surface area (Å²) in [7, 11) is 0. The fourth-order valence-corrected chi connectivity index (χ4v) is 8.02. The molecular formula is C28H30F2N8OS. The molecule has 2 bridgehead atoms. The number of thiazole rings is 1. The van der Waals surface area contributed by atoms with E-state index in [1.54, 1.807) is 12.3 Å². The number of anilines is 2. The number of pyridine rings is 1. The lowest BCUT2D eigenvalue weighted by atomic mass is 9.95. The first-order valence-electron chi connectivity index (χ1n) is 14.0. The molecule has 0 aliphatic carbocycles. The van der Waals surface area contributed by atoms with Crippen LogP contribution in [-0.2, 0) is 0 Å². The molecule has 7 heterocycles. The van der Waals surface area contributed by atoms with E-state index in [2.05, 4.69) is 20.1 Å². The molecule has 0 saturated carbocycles. The monoisotopic (exact) mass is 564 g/mol. The second kappa shape index (κ2) is 9.15. The van der Waals surface area contributed by atoms with Crippen molar-refractivity contribution in [3.05, 3.63) is 30.2 Å². The number of benzene rings is 1. The number of hydrogen-bond acceptors (Lipinski definition) is 10. The van der Waals surface area contributed by atoms with Gasteiger partial charge in [0.2, 0.25) is 0 Å². The summed E-state index contributed by atoms with van der Waals surface area (Å²) >= 11 is 1.13. The van der Waals surface area contributed by atoms with E-state index in [0.29, 0.717) is 58.0 Å². The van der Waals surface area contributed by atoms with Gasteiger partial charge in [-0.25, -0.2) is 13.8 Å². The summed E-state index contributed by atoms with van der Waals surface area (Å²) in [6.45, 7) is 3.40. The molecule has 3 aromatic heterocycles. The lowest BCUT2D eigenvalue weighted by Gasteiger charge is -2.34. The molecule has 208 valence electrons. The molecule has 0 amide bonds. The van der Waals surface area contributed by atoms with Crippen LogP contribution in [0, 0.1) is 5.82 Å². The molecular weight excluding hydrogens is 534 g/mol. The van der Waals surface area contributed by atoms with Gasteiger partial charge in [0.05, 0.1) is 21.3 Å². The Hall–Kier alpha value is -3.22. The molecule has 0 spiro atoms. The first-order valence-corrected chi connectivity index (χ1v) is 14.8. The SMILES string of the molecule is Nc1nc2c(-c3cnc4c(N5CC6CCC(C5)N6)nc(OCC56CCCN5C[C@H](F)C6)nc4c3)ccc(F)c2s1. The number of nitrogens with one attached hydrogen (secondary N) is 1. The zero-order valence-corrected chi connectivity index (χ0v) is 22.8. The van der Waals surface area contributed by atoms with Gasteiger partial charge < -0.3 is 20.7 Å².